The molecule has 0 N–H and O–H groups in total. The van der Waals surface area contributed by atoms with Crippen LogP contribution < -0.4 is 0 Å². The summed E-state index contributed by atoms with van der Waals surface area (Å²) in [5.41, 5.74) is 11.9. The molecule has 0 radical (unpaired) electrons. The van der Waals surface area contributed by atoms with E-state index < -0.39 is 0 Å². The summed E-state index contributed by atoms with van der Waals surface area (Å²) in [6.07, 6.45) is 0. The van der Waals surface area contributed by atoms with Crippen LogP contribution in [0.5, 0.6) is 0 Å². The number of nitrogens with zero attached hydrogens (tertiary/aromatic N) is 3. The fourth-order valence-corrected chi connectivity index (χ4v) is 8.50. The smallest absolute Gasteiger partial charge is 0.164 e. The maximum atomic E-state index is 5.32. The van der Waals surface area contributed by atoms with Crippen molar-refractivity contribution in [1.29, 1.82) is 0 Å². The first-order valence-electron chi connectivity index (χ1n) is 20.3. The van der Waals surface area contributed by atoms with Gasteiger partial charge in [0, 0.05) is 16.7 Å². The van der Waals surface area contributed by atoms with Gasteiger partial charge in [0.05, 0.1) is 0 Å². The van der Waals surface area contributed by atoms with Crippen molar-refractivity contribution < 1.29 is 0 Å². The van der Waals surface area contributed by atoms with Gasteiger partial charge in [-0.15, -0.1) is 0 Å². The van der Waals surface area contributed by atoms with Crippen LogP contribution in [0.3, 0.4) is 0 Å². The molecule has 280 valence electrons. The minimum atomic E-state index is 0.616. The summed E-state index contributed by atoms with van der Waals surface area (Å²) in [6.45, 7) is 0. The Morgan fingerprint density at radius 2 is 0.650 bits per heavy atom. The van der Waals surface area contributed by atoms with E-state index in [1.165, 1.54) is 32.7 Å². The summed E-state index contributed by atoms with van der Waals surface area (Å²) >= 11 is 0. The van der Waals surface area contributed by atoms with E-state index in [-0.39, 0.29) is 0 Å². The molecule has 3 heteroatoms. The Balaban J connectivity index is 1.09. The first kappa shape index (κ1) is 35.2. The van der Waals surface area contributed by atoms with E-state index in [2.05, 4.69) is 218 Å². The van der Waals surface area contributed by atoms with E-state index >= 15 is 0 Å². The maximum Gasteiger partial charge on any atom is 0.164 e. The molecular formula is C57H37N3. The highest BCUT2D eigenvalue weighted by atomic mass is 15.0. The summed E-state index contributed by atoms with van der Waals surface area (Å²) in [4.78, 5) is 15.9. The van der Waals surface area contributed by atoms with Crippen molar-refractivity contribution in [3.63, 3.8) is 0 Å². The van der Waals surface area contributed by atoms with Gasteiger partial charge in [0.1, 0.15) is 0 Å². The topological polar surface area (TPSA) is 38.7 Å². The van der Waals surface area contributed by atoms with E-state index in [0.717, 1.165) is 60.8 Å². The lowest BCUT2D eigenvalue weighted by Crippen LogP contribution is -2.02. The third-order valence-corrected chi connectivity index (χ3v) is 11.5. The molecule has 0 aliphatic carbocycles. The molecule has 0 bridgehead atoms. The van der Waals surface area contributed by atoms with Gasteiger partial charge in [0.25, 0.3) is 0 Å². The van der Waals surface area contributed by atoms with Crippen LogP contribution in [0.1, 0.15) is 0 Å². The Labute approximate surface area is 349 Å². The van der Waals surface area contributed by atoms with Crippen LogP contribution in [0, 0.1) is 0 Å². The lowest BCUT2D eigenvalue weighted by atomic mass is 9.93. The molecule has 1 aromatic heterocycles. The number of rotatable bonds is 7. The number of hydrogen-bond acceptors (Lipinski definition) is 3. The molecular weight excluding hydrogens is 727 g/mol. The molecule has 60 heavy (non-hydrogen) atoms. The molecule has 1 heterocycles. The molecule has 0 fully saturated rings. The van der Waals surface area contributed by atoms with Gasteiger partial charge in [-0.05, 0) is 107 Å². The van der Waals surface area contributed by atoms with E-state index in [1.54, 1.807) is 0 Å². The van der Waals surface area contributed by atoms with Crippen molar-refractivity contribution in [2.75, 3.05) is 0 Å². The molecule has 0 amide bonds. The summed E-state index contributed by atoms with van der Waals surface area (Å²) < 4.78 is 0. The van der Waals surface area contributed by atoms with Crippen molar-refractivity contribution in [1.82, 2.24) is 15.0 Å². The van der Waals surface area contributed by atoms with Gasteiger partial charge < -0.3 is 0 Å². The normalized spacial score (nSPS) is 11.3. The molecule has 10 aromatic carbocycles. The van der Waals surface area contributed by atoms with Crippen LogP contribution >= 0.6 is 0 Å². The quantitative estimate of drug-likeness (QED) is 0.162. The largest absolute Gasteiger partial charge is 0.208 e. The zero-order valence-corrected chi connectivity index (χ0v) is 32.7. The Kier molecular flexibility index (Phi) is 8.83. The standard InChI is InChI=1S/C57H37N3/c1-3-15-38(16-4-1)46-35-47(44-30-29-43-34-45(32-31-42(43)33-44)52-27-13-21-40-19-7-9-23-49(40)52)37-48(36-46)55-58-56(53-26-12-11-25-50(53)39-17-5-2-6-18-39)60-57(59-55)54-28-14-22-41-20-8-10-24-51(41)54/h1-37H. The molecule has 11 rings (SSSR count). The Hall–Kier alpha value is -8.01. The minimum absolute atomic E-state index is 0.616. The van der Waals surface area contributed by atoms with Gasteiger partial charge in [-0.25, -0.2) is 15.0 Å². The molecule has 0 atom stereocenters. The zero-order valence-electron chi connectivity index (χ0n) is 32.7. The average molecular weight is 764 g/mol. The van der Waals surface area contributed by atoms with E-state index in [1.807, 2.05) is 6.07 Å². The van der Waals surface area contributed by atoms with E-state index in [0.29, 0.717) is 17.5 Å². The van der Waals surface area contributed by atoms with Gasteiger partial charge in [0.15, 0.2) is 17.5 Å². The van der Waals surface area contributed by atoms with E-state index in [9.17, 15) is 0 Å². The third kappa shape index (κ3) is 6.58. The van der Waals surface area contributed by atoms with Gasteiger partial charge >= 0.3 is 0 Å². The first-order chi connectivity index (χ1) is 29.7. The number of aromatic nitrogens is 3. The van der Waals surface area contributed by atoms with Crippen LogP contribution in [-0.4, -0.2) is 15.0 Å². The highest BCUT2D eigenvalue weighted by Crippen LogP contribution is 2.38. The monoisotopic (exact) mass is 763 g/mol. The number of benzene rings is 10. The van der Waals surface area contributed by atoms with Crippen LogP contribution in [0.2, 0.25) is 0 Å². The van der Waals surface area contributed by atoms with Crippen molar-refractivity contribution in [3.8, 4) is 78.7 Å². The summed E-state index contributed by atoms with van der Waals surface area (Å²) in [6, 6.07) is 79.6. The Morgan fingerprint density at radius 3 is 1.35 bits per heavy atom. The lowest BCUT2D eigenvalue weighted by molar-refractivity contribution is 1.08. The molecule has 0 spiro atoms. The Morgan fingerprint density at radius 1 is 0.200 bits per heavy atom. The molecule has 0 aliphatic heterocycles. The molecule has 0 saturated heterocycles. The maximum absolute atomic E-state index is 5.32. The fraction of sp³-hybridized carbons (Fsp3) is 0. The van der Waals surface area contributed by atoms with E-state index in [4.69, 9.17) is 15.0 Å². The second kappa shape index (κ2) is 15.1. The van der Waals surface area contributed by atoms with Crippen LogP contribution in [0.15, 0.2) is 224 Å². The van der Waals surface area contributed by atoms with Crippen LogP contribution in [0.4, 0.5) is 0 Å². The molecule has 0 saturated carbocycles. The molecule has 11 aromatic rings. The Bertz CT molecular complexity index is 3360. The second-order valence-corrected chi connectivity index (χ2v) is 15.2. The van der Waals surface area contributed by atoms with Crippen molar-refractivity contribution >= 4 is 32.3 Å². The van der Waals surface area contributed by atoms with Gasteiger partial charge in [-0.2, -0.15) is 0 Å². The molecule has 0 unspecified atom stereocenters. The minimum Gasteiger partial charge on any atom is -0.208 e. The first-order valence-corrected chi connectivity index (χ1v) is 20.3. The zero-order chi connectivity index (χ0) is 39.8. The number of fused-ring (bicyclic) bond motifs is 3. The van der Waals surface area contributed by atoms with Gasteiger partial charge in [0.2, 0.25) is 0 Å². The molecule has 0 aliphatic rings. The van der Waals surface area contributed by atoms with Crippen molar-refractivity contribution in [3.05, 3.63) is 224 Å². The number of hydrogen-bond donors (Lipinski definition) is 0. The van der Waals surface area contributed by atoms with Crippen LogP contribution in [-0.2, 0) is 0 Å². The summed E-state index contributed by atoms with van der Waals surface area (Å²) in [5.74, 6) is 1.88. The predicted octanol–water partition coefficient (Wildman–Crippen LogP) is 15.0. The highest BCUT2D eigenvalue weighted by Gasteiger charge is 2.18. The molecule has 3 nitrogen and oxygen atoms in total. The summed E-state index contributed by atoms with van der Waals surface area (Å²) in [5, 5.41) is 7.11. The fourth-order valence-electron chi connectivity index (χ4n) is 8.50. The van der Waals surface area contributed by atoms with Crippen molar-refractivity contribution in [2.24, 2.45) is 0 Å². The highest BCUT2D eigenvalue weighted by molar-refractivity contribution is 6.00. The van der Waals surface area contributed by atoms with Gasteiger partial charge in [-0.1, -0.05) is 194 Å². The van der Waals surface area contributed by atoms with Crippen LogP contribution in [0.25, 0.3) is 111 Å². The predicted molar refractivity (Wildman–Crippen MR) is 250 cm³/mol. The lowest BCUT2D eigenvalue weighted by Gasteiger charge is -2.15. The SMILES string of the molecule is c1ccc(-c2cc(-c3ccc4cc(-c5cccc6ccccc56)ccc4c3)cc(-c3nc(-c4ccccc4-c4ccccc4)nc(-c4cccc5ccccc45)n3)c2)cc1. The third-order valence-electron chi connectivity index (χ3n) is 11.5. The average Bonchev–Trinajstić information content (AvgIpc) is 3.33. The van der Waals surface area contributed by atoms with Crippen molar-refractivity contribution in [2.45, 2.75) is 0 Å². The second-order valence-electron chi connectivity index (χ2n) is 15.2. The summed E-state index contributed by atoms with van der Waals surface area (Å²) in [7, 11) is 0. The van der Waals surface area contributed by atoms with Gasteiger partial charge in [-0.3, -0.25) is 0 Å².